The van der Waals surface area contributed by atoms with Gasteiger partial charge in [0.05, 0.1) is 0 Å². The first-order valence-electron chi connectivity index (χ1n) is 4.42. The number of anilines is 1. The Morgan fingerprint density at radius 3 is 2.64 bits per heavy atom. The van der Waals surface area contributed by atoms with Gasteiger partial charge in [0.1, 0.15) is 5.82 Å². The molecular formula is C10H12N4. The van der Waals surface area contributed by atoms with Crippen molar-refractivity contribution in [1.82, 2.24) is 14.8 Å². The van der Waals surface area contributed by atoms with Crippen molar-refractivity contribution in [2.75, 3.05) is 5.73 Å². The summed E-state index contributed by atoms with van der Waals surface area (Å²) >= 11 is 0. The van der Waals surface area contributed by atoms with Crippen LogP contribution in [-0.4, -0.2) is 14.8 Å². The van der Waals surface area contributed by atoms with Gasteiger partial charge in [-0.3, -0.25) is 0 Å². The average molecular weight is 188 g/mol. The molecule has 0 bridgehead atoms. The van der Waals surface area contributed by atoms with Crippen LogP contribution in [0.4, 0.5) is 5.82 Å². The molecule has 0 aliphatic rings. The highest BCUT2D eigenvalue weighted by Crippen LogP contribution is 2.11. The third-order valence-corrected chi connectivity index (χ3v) is 2.02. The van der Waals surface area contributed by atoms with Crippen LogP contribution in [0.3, 0.4) is 0 Å². The summed E-state index contributed by atoms with van der Waals surface area (Å²) in [6, 6.07) is 5.75. The Morgan fingerprint density at radius 2 is 2.07 bits per heavy atom. The molecular weight excluding hydrogens is 176 g/mol. The topological polar surface area (TPSA) is 56.7 Å². The van der Waals surface area contributed by atoms with Crippen LogP contribution in [0.1, 0.15) is 11.3 Å². The molecule has 2 rings (SSSR count). The molecule has 0 aromatic carbocycles. The summed E-state index contributed by atoms with van der Waals surface area (Å²) in [7, 11) is 0. The molecule has 72 valence electrons. The van der Waals surface area contributed by atoms with E-state index in [2.05, 4.69) is 10.1 Å². The van der Waals surface area contributed by atoms with Crippen LogP contribution in [0.5, 0.6) is 0 Å². The van der Waals surface area contributed by atoms with Crippen LogP contribution in [0, 0.1) is 13.8 Å². The molecule has 0 unspecified atom stereocenters. The first-order valence-corrected chi connectivity index (χ1v) is 4.42. The van der Waals surface area contributed by atoms with E-state index in [0.29, 0.717) is 5.82 Å². The van der Waals surface area contributed by atoms with Crippen LogP contribution in [-0.2, 0) is 0 Å². The number of hydrogen-bond acceptors (Lipinski definition) is 3. The van der Waals surface area contributed by atoms with Crippen molar-refractivity contribution >= 4 is 5.82 Å². The number of nitrogens with zero attached hydrogens (tertiary/aromatic N) is 3. The van der Waals surface area contributed by atoms with Gasteiger partial charge in [-0.2, -0.15) is 0 Å². The number of pyridine rings is 1. The highest BCUT2D eigenvalue weighted by Gasteiger charge is 2.04. The van der Waals surface area contributed by atoms with E-state index in [1.54, 1.807) is 10.9 Å². The number of hydrogen-bond donors (Lipinski definition) is 1. The first-order chi connectivity index (χ1) is 6.66. The summed E-state index contributed by atoms with van der Waals surface area (Å²) in [5.41, 5.74) is 7.74. The van der Waals surface area contributed by atoms with Gasteiger partial charge >= 0.3 is 0 Å². The molecule has 2 N–H and O–H groups in total. The molecule has 0 radical (unpaired) electrons. The molecule has 2 heterocycles. The molecule has 2 aromatic rings. The SMILES string of the molecule is Cc1ccnc(-n2nc(N)cc2C)c1. The third kappa shape index (κ3) is 1.46. The zero-order valence-corrected chi connectivity index (χ0v) is 8.23. The van der Waals surface area contributed by atoms with Crippen LogP contribution >= 0.6 is 0 Å². The Bertz CT molecular complexity index is 459. The Kier molecular flexibility index (Phi) is 1.96. The fourth-order valence-corrected chi connectivity index (χ4v) is 1.37. The summed E-state index contributed by atoms with van der Waals surface area (Å²) in [4.78, 5) is 4.23. The van der Waals surface area contributed by atoms with Gasteiger partial charge in [-0.05, 0) is 31.5 Å². The lowest BCUT2D eigenvalue weighted by Crippen LogP contribution is -2.02. The smallest absolute Gasteiger partial charge is 0.153 e. The second-order valence-electron chi connectivity index (χ2n) is 3.31. The lowest BCUT2D eigenvalue weighted by Gasteiger charge is -2.02. The van der Waals surface area contributed by atoms with E-state index < -0.39 is 0 Å². The van der Waals surface area contributed by atoms with E-state index >= 15 is 0 Å². The Labute approximate surface area is 82.4 Å². The first kappa shape index (κ1) is 8.74. The molecule has 14 heavy (non-hydrogen) atoms. The predicted molar refractivity (Wildman–Crippen MR) is 55.2 cm³/mol. The number of nitrogen functional groups attached to an aromatic ring is 1. The normalized spacial score (nSPS) is 10.4. The van der Waals surface area contributed by atoms with Crippen molar-refractivity contribution in [3.8, 4) is 5.82 Å². The van der Waals surface area contributed by atoms with Crippen molar-refractivity contribution in [2.45, 2.75) is 13.8 Å². The summed E-state index contributed by atoms with van der Waals surface area (Å²) in [5, 5.41) is 4.15. The van der Waals surface area contributed by atoms with E-state index in [4.69, 9.17) is 5.73 Å². The molecule has 0 aliphatic carbocycles. The summed E-state index contributed by atoms with van der Waals surface area (Å²) in [6.07, 6.45) is 1.77. The standard InChI is InChI=1S/C10H12N4/c1-7-3-4-12-10(5-7)14-8(2)6-9(11)13-14/h3-6H,1-2H3,(H2,11,13). The molecule has 2 aromatic heterocycles. The van der Waals surface area contributed by atoms with Crippen LogP contribution in [0.25, 0.3) is 5.82 Å². The van der Waals surface area contributed by atoms with Gasteiger partial charge in [-0.25, -0.2) is 9.67 Å². The van der Waals surface area contributed by atoms with Crippen LogP contribution < -0.4 is 5.73 Å². The van der Waals surface area contributed by atoms with Gasteiger partial charge in [0.25, 0.3) is 0 Å². The van der Waals surface area contributed by atoms with Crippen LogP contribution in [0.15, 0.2) is 24.4 Å². The van der Waals surface area contributed by atoms with Gasteiger partial charge < -0.3 is 5.73 Å². The van der Waals surface area contributed by atoms with Crippen molar-refractivity contribution in [2.24, 2.45) is 0 Å². The molecule has 0 fully saturated rings. The Morgan fingerprint density at radius 1 is 1.29 bits per heavy atom. The minimum absolute atomic E-state index is 0.519. The Hall–Kier alpha value is -1.84. The zero-order chi connectivity index (χ0) is 10.1. The maximum absolute atomic E-state index is 5.60. The van der Waals surface area contributed by atoms with Gasteiger partial charge in [0.2, 0.25) is 0 Å². The highest BCUT2D eigenvalue weighted by molar-refractivity contribution is 5.35. The molecule has 0 saturated carbocycles. The zero-order valence-electron chi connectivity index (χ0n) is 8.23. The number of rotatable bonds is 1. The lowest BCUT2D eigenvalue weighted by atomic mass is 10.3. The quantitative estimate of drug-likeness (QED) is 0.737. The fraction of sp³-hybridized carbons (Fsp3) is 0.200. The van der Waals surface area contributed by atoms with E-state index in [1.807, 2.05) is 32.0 Å². The van der Waals surface area contributed by atoms with E-state index in [0.717, 1.165) is 17.1 Å². The molecule has 0 spiro atoms. The molecule has 0 amide bonds. The maximum atomic E-state index is 5.60. The summed E-state index contributed by atoms with van der Waals surface area (Å²) < 4.78 is 1.74. The molecule has 4 heteroatoms. The lowest BCUT2D eigenvalue weighted by molar-refractivity contribution is 0.820. The number of aromatic nitrogens is 3. The predicted octanol–water partition coefficient (Wildman–Crippen LogP) is 1.47. The van der Waals surface area contributed by atoms with E-state index in [9.17, 15) is 0 Å². The second kappa shape index (κ2) is 3.14. The van der Waals surface area contributed by atoms with Crippen molar-refractivity contribution in [3.63, 3.8) is 0 Å². The third-order valence-electron chi connectivity index (χ3n) is 2.02. The molecule has 4 nitrogen and oxygen atoms in total. The van der Waals surface area contributed by atoms with Crippen molar-refractivity contribution in [3.05, 3.63) is 35.7 Å². The van der Waals surface area contributed by atoms with E-state index in [1.165, 1.54) is 0 Å². The highest BCUT2D eigenvalue weighted by atomic mass is 15.3. The summed E-state index contributed by atoms with van der Waals surface area (Å²) in [5.74, 6) is 1.32. The maximum Gasteiger partial charge on any atom is 0.153 e. The minimum atomic E-state index is 0.519. The average Bonchev–Trinajstić information content (AvgIpc) is 2.45. The molecule has 0 atom stereocenters. The van der Waals surface area contributed by atoms with Crippen molar-refractivity contribution in [1.29, 1.82) is 0 Å². The molecule has 0 aliphatic heterocycles. The van der Waals surface area contributed by atoms with Gasteiger partial charge in [-0.1, -0.05) is 0 Å². The minimum Gasteiger partial charge on any atom is -0.382 e. The monoisotopic (exact) mass is 188 g/mol. The fourth-order valence-electron chi connectivity index (χ4n) is 1.37. The van der Waals surface area contributed by atoms with Crippen LogP contribution in [0.2, 0.25) is 0 Å². The van der Waals surface area contributed by atoms with Gasteiger partial charge in [0, 0.05) is 18.0 Å². The second-order valence-corrected chi connectivity index (χ2v) is 3.31. The summed E-state index contributed by atoms with van der Waals surface area (Å²) in [6.45, 7) is 3.97. The van der Waals surface area contributed by atoms with Gasteiger partial charge in [-0.15, -0.1) is 5.10 Å². The molecule has 0 saturated heterocycles. The van der Waals surface area contributed by atoms with Gasteiger partial charge in [0.15, 0.2) is 5.82 Å². The van der Waals surface area contributed by atoms with E-state index in [-0.39, 0.29) is 0 Å². The largest absolute Gasteiger partial charge is 0.382 e. The van der Waals surface area contributed by atoms with Crippen molar-refractivity contribution < 1.29 is 0 Å². The Balaban J connectivity index is 2.54. The number of nitrogens with two attached hydrogens (primary N) is 1. The number of aryl methyl sites for hydroxylation is 2.